The Bertz CT molecular complexity index is 721. The molecule has 136 valence electrons. The van der Waals surface area contributed by atoms with Crippen LogP contribution in [0.5, 0.6) is 0 Å². The minimum absolute atomic E-state index is 0.293. The van der Waals surface area contributed by atoms with Crippen molar-refractivity contribution in [1.29, 1.82) is 0 Å². The molecule has 4 heterocycles. The summed E-state index contributed by atoms with van der Waals surface area (Å²) >= 11 is 0. The smallest absolute Gasteiger partial charge is 0.225 e. The molecule has 26 heavy (non-hydrogen) atoms. The zero-order valence-electron chi connectivity index (χ0n) is 15.1. The molecule has 5 rings (SSSR count). The van der Waals surface area contributed by atoms with E-state index in [1.165, 1.54) is 12.0 Å². The quantitative estimate of drug-likeness (QED) is 0.832. The number of aryl methyl sites for hydroxylation is 1. The summed E-state index contributed by atoms with van der Waals surface area (Å²) in [6, 6.07) is 12.6. The van der Waals surface area contributed by atoms with Crippen LogP contribution in [0.2, 0.25) is 0 Å². The van der Waals surface area contributed by atoms with Crippen LogP contribution >= 0.6 is 0 Å². The standard InChI is InChI=1S/C21H26N4O/c26-20(9-4-8-17-6-2-1-3-7-17)25-15-18-10-11-19(25)16-24(14-18)21-22-12-5-13-23-21/h1-3,5-7,12-13,18-19H,4,8-11,14-16H2. The van der Waals surface area contributed by atoms with Gasteiger partial charge < -0.3 is 9.80 Å². The molecule has 0 aliphatic carbocycles. The molecule has 1 aromatic heterocycles. The van der Waals surface area contributed by atoms with Gasteiger partial charge in [0, 0.05) is 44.5 Å². The predicted molar refractivity (Wildman–Crippen MR) is 102 cm³/mol. The van der Waals surface area contributed by atoms with Crippen molar-refractivity contribution in [3.8, 4) is 0 Å². The van der Waals surface area contributed by atoms with Crippen LogP contribution in [0.1, 0.15) is 31.2 Å². The average molecular weight is 350 g/mol. The molecular formula is C21H26N4O. The number of rotatable bonds is 5. The largest absolute Gasteiger partial charge is 0.338 e. The van der Waals surface area contributed by atoms with Gasteiger partial charge in [-0.3, -0.25) is 4.79 Å². The highest BCUT2D eigenvalue weighted by Gasteiger charge is 2.37. The molecule has 2 unspecified atom stereocenters. The first-order valence-corrected chi connectivity index (χ1v) is 9.65. The Morgan fingerprint density at radius 1 is 1.00 bits per heavy atom. The number of piperidine rings is 1. The molecule has 3 saturated heterocycles. The normalized spacial score (nSPS) is 22.3. The zero-order valence-corrected chi connectivity index (χ0v) is 15.1. The summed E-state index contributed by atoms with van der Waals surface area (Å²) in [7, 11) is 0. The third-order valence-electron chi connectivity index (χ3n) is 5.57. The van der Waals surface area contributed by atoms with Crippen LogP contribution in [-0.4, -0.2) is 46.5 Å². The van der Waals surface area contributed by atoms with Gasteiger partial charge in [-0.05, 0) is 43.2 Å². The first kappa shape index (κ1) is 17.0. The van der Waals surface area contributed by atoms with Crippen LogP contribution in [0, 0.1) is 5.92 Å². The van der Waals surface area contributed by atoms with E-state index in [0.717, 1.165) is 44.8 Å². The predicted octanol–water partition coefficient (Wildman–Crippen LogP) is 2.93. The van der Waals surface area contributed by atoms with Gasteiger partial charge in [-0.25, -0.2) is 9.97 Å². The number of benzene rings is 1. The highest BCUT2D eigenvalue weighted by atomic mass is 16.2. The second-order valence-corrected chi connectivity index (χ2v) is 7.44. The topological polar surface area (TPSA) is 49.3 Å². The van der Waals surface area contributed by atoms with E-state index in [-0.39, 0.29) is 0 Å². The first-order valence-electron chi connectivity index (χ1n) is 9.65. The van der Waals surface area contributed by atoms with E-state index in [0.29, 0.717) is 24.3 Å². The number of nitrogens with zero attached hydrogens (tertiary/aromatic N) is 4. The Morgan fingerprint density at radius 3 is 2.62 bits per heavy atom. The van der Waals surface area contributed by atoms with E-state index >= 15 is 0 Å². The number of hydrogen-bond acceptors (Lipinski definition) is 4. The fraction of sp³-hybridized carbons (Fsp3) is 0.476. The Kier molecular flexibility index (Phi) is 5.14. The fourth-order valence-electron chi connectivity index (χ4n) is 4.24. The molecule has 5 heteroatoms. The van der Waals surface area contributed by atoms with Gasteiger partial charge in [0.2, 0.25) is 11.9 Å². The lowest BCUT2D eigenvalue weighted by Gasteiger charge is -2.36. The Labute approximate surface area is 155 Å². The minimum atomic E-state index is 0.293. The van der Waals surface area contributed by atoms with Crippen molar-refractivity contribution in [2.75, 3.05) is 24.5 Å². The number of hydrogen-bond donors (Lipinski definition) is 0. The van der Waals surface area contributed by atoms with Gasteiger partial charge in [-0.15, -0.1) is 0 Å². The fourth-order valence-corrected chi connectivity index (χ4v) is 4.24. The van der Waals surface area contributed by atoms with Gasteiger partial charge in [0.25, 0.3) is 0 Å². The SMILES string of the molecule is O=C(CCCc1ccccc1)N1CC2CCC1CN(c1ncccn1)C2. The summed E-state index contributed by atoms with van der Waals surface area (Å²) in [6.07, 6.45) is 8.41. The summed E-state index contributed by atoms with van der Waals surface area (Å²) < 4.78 is 0. The number of carbonyl (C=O) groups is 1. The maximum atomic E-state index is 12.9. The highest BCUT2D eigenvalue weighted by Crippen LogP contribution is 2.30. The molecular weight excluding hydrogens is 324 g/mol. The molecule has 1 amide bonds. The minimum Gasteiger partial charge on any atom is -0.338 e. The molecule has 3 aliphatic heterocycles. The molecule has 2 atom stereocenters. The van der Waals surface area contributed by atoms with E-state index in [1.54, 1.807) is 12.4 Å². The van der Waals surface area contributed by atoms with Crippen LogP contribution < -0.4 is 4.90 Å². The Balaban J connectivity index is 1.36. The van der Waals surface area contributed by atoms with Crippen molar-refractivity contribution < 1.29 is 4.79 Å². The van der Waals surface area contributed by atoms with E-state index in [1.807, 2.05) is 12.1 Å². The third kappa shape index (κ3) is 3.87. The van der Waals surface area contributed by atoms with E-state index in [9.17, 15) is 4.79 Å². The summed E-state index contributed by atoms with van der Waals surface area (Å²) in [5.74, 6) is 1.63. The van der Waals surface area contributed by atoms with Crippen molar-refractivity contribution in [2.24, 2.45) is 5.92 Å². The number of carbonyl (C=O) groups excluding carboxylic acids is 1. The molecule has 2 bridgehead atoms. The molecule has 0 saturated carbocycles. The van der Waals surface area contributed by atoms with Crippen LogP contribution in [0.3, 0.4) is 0 Å². The van der Waals surface area contributed by atoms with Gasteiger partial charge in [0.15, 0.2) is 0 Å². The van der Waals surface area contributed by atoms with Gasteiger partial charge in [0.1, 0.15) is 0 Å². The van der Waals surface area contributed by atoms with Crippen LogP contribution in [-0.2, 0) is 11.2 Å². The number of anilines is 1. The second-order valence-electron chi connectivity index (χ2n) is 7.44. The van der Waals surface area contributed by atoms with Crippen molar-refractivity contribution >= 4 is 11.9 Å². The Hall–Kier alpha value is -2.43. The van der Waals surface area contributed by atoms with Gasteiger partial charge in [0.05, 0.1) is 0 Å². The van der Waals surface area contributed by atoms with Gasteiger partial charge in [-0.1, -0.05) is 30.3 Å². The van der Waals surface area contributed by atoms with E-state index < -0.39 is 0 Å². The zero-order chi connectivity index (χ0) is 17.8. The summed E-state index contributed by atoms with van der Waals surface area (Å²) in [6.45, 7) is 2.69. The average Bonchev–Trinajstić information content (AvgIpc) is 3.01. The molecule has 0 radical (unpaired) electrons. The van der Waals surface area contributed by atoms with Crippen LogP contribution in [0.25, 0.3) is 0 Å². The number of aromatic nitrogens is 2. The van der Waals surface area contributed by atoms with E-state index in [2.05, 4.69) is 44.0 Å². The summed E-state index contributed by atoms with van der Waals surface area (Å²) in [5, 5.41) is 0. The molecule has 1 aromatic carbocycles. The lowest BCUT2D eigenvalue weighted by Crippen LogP contribution is -2.47. The maximum Gasteiger partial charge on any atom is 0.225 e. The number of fused-ring (bicyclic) bond motifs is 4. The number of amides is 1. The van der Waals surface area contributed by atoms with Crippen molar-refractivity contribution in [3.63, 3.8) is 0 Å². The maximum absolute atomic E-state index is 12.9. The molecule has 5 nitrogen and oxygen atoms in total. The Morgan fingerprint density at radius 2 is 1.81 bits per heavy atom. The first-order chi connectivity index (χ1) is 12.8. The van der Waals surface area contributed by atoms with E-state index in [4.69, 9.17) is 0 Å². The monoisotopic (exact) mass is 350 g/mol. The van der Waals surface area contributed by atoms with Crippen LogP contribution in [0.4, 0.5) is 5.95 Å². The van der Waals surface area contributed by atoms with Crippen molar-refractivity contribution in [1.82, 2.24) is 14.9 Å². The lowest BCUT2D eigenvalue weighted by molar-refractivity contribution is -0.135. The molecule has 3 fully saturated rings. The second kappa shape index (κ2) is 7.85. The molecule has 3 aliphatic rings. The third-order valence-corrected chi connectivity index (χ3v) is 5.57. The molecule has 0 spiro atoms. The molecule has 0 N–H and O–H groups in total. The molecule has 2 aromatic rings. The van der Waals surface area contributed by atoms with Gasteiger partial charge >= 0.3 is 0 Å². The summed E-state index contributed by atoms with van der Waals surface area (Å²) in [5.41, 5.74) is 1.31. The van der Waals surface area contributed by atoms with Crippen molar-refractivity contribution in [2.45, 2.75) is 38.1 Å². The van der Waals surface area contributed by atoms with Crippen molar-refractivity contribution in [3.05, 3.63) is 54.4 Å². The summed E-state index contributed by atoms with van der Waals surface area (Å²) in [4.78, 5) is 26.1. The lowest BCUT2D eigenvalue weighted by atomic mass is 9.94. The van der Waals surface area contributed by atoms with Crippen LogP contribution in [0.15, 0.2) is 48.8 Å². The highest BCUT2D eigenvalue weighted by molar-refractivity contribution is 5.77. The van der Waals surface area contributed by atoms with Gasteiger partial charge in [-0.2, -0.15) is 0 Å².